The summed E-state index contributed by atoms with van der Waals surface area (Å²) in [5.74, 6) is -0.832. The molecule has 0 bridgehead atoms. The predicted molar refractivity (Wildman–Crippen MR) is 155 cm³/mol. The minimum absolute atomic E-state index is 0.0398. The Balaban J connectivity index is 1.23. The maximum absolute atomic E-state index is 13.5. The molecule has 7 heteroatoms. The lowest BCUT2D eigenvalue weighted by Crippen LogP contribution is -2.53. The van der Waals surface area contributed by atoms with Crippen molar-refractivity contribution < 1.29 is 24.2 Å². The summed E-state index contributed by atoms with van der Waals surface area (Å²) in [6, 6.07) is 33.2. The highest BCUT2D eigenvalue weighted by Gasteiger charge is 2.42. The van der Waals surface area contributed by atoms with Gasteiger partial charge in [-0.3, -0.25) is 24.6 Å². The van der Waals surface area contributed by atoms with E-state index in [9.17, 15) is 19.5 Å². The number of hydrogen-bond acceptors (Lipinski definition) is 6. The standard InChI is InChI=1S/C34H32N2O5/c37-31(26-18-20-29(21-19-26)41-24-25-11-4-1-5-12-25)23-36-22-10-17-30(36)32(38)35-33(39)34(40,27-13-6-2-7-14-27)28-15-8-3-9-16-28/h1-9,11-16,18-21,30,40H,10,17,22-24H2,(H,35,38,39)/t30-/m0/s1. The van der Waals surface area contributed by atoms with Crippen molar-refractivity contribution >= 4 is 17.6 Å². The first-order chi connectivity index (χ1) is 19.9. The van der Waals surface area contributed by atoms with Gasteiger partial charge in [-0.15, -0.1) is 0 Å². The molecule has 1 atom stereocenters. The second-order valence-electron chi connectivity index (χ2n) is 10.1. The van der Waals surface area contributed by atoms with E-state index >= 15 is 0 Å². The molecule has 5 rings (SSSR count). The quantitative estimate of drug-likeness (QED) is 0.284. The number of carbonyl (C=O) groups excluding carboxylic acids is 3. The van der Waals surface area contributed by atoms with E-state index in [1.165, 1.54) is 0 Å². The third kappa shape index (κ3) is 6.43. The van der Waals surface area contributed by atoms with Gasteiger partial charge >= 0.3 is 0 Å². The van der Waals surface area contributed by atoms with Gasteiger partial charge in [0.15, 0.2) is 11.4 Å². The van der Waals surface area contributed by atoms with Crippen molar-refractivity contribution in [2.24, 2.45) is 0 Å². The number of benzene rings is 4. The number of rotatable bonds is 10. The average molecular weight is 549 g/mol. The molecule has 1 aliphatic rings. The largest absolute Gasteiger partial charge is 0.489 e. The number of nitrogens with one attached hydrogen (secondary N) is 1. The van der Waals surface area contributed by atoms with Crippen LogP contribution in [0.3, 0.4) is 0 Å². The molecule has 41 heavy (non-hydrogen) atoms. The van der Waals surface area contributed by atoms with Crippen LogP contribution in [0.1, 0.15) is 39.9 Å². The summed E-state index contributed by atoms with van der Waals surface area (Å²) in [5, 5.41) is 14.1. The number of nitrogens with zero attached hydrogens (tertiary/aromatic N) is 1. The molecule has 1 aliphatic heterocycles. The summed E-state index contributed by atoms with van der Waals surface area (Å²) in [6.07, 6.45) is 1.22. The van der Waals surface area contributed by atoms with Crippen LogP contribution in [0.5, 0.6) is 5.75 Å². The van der Waals surface area contributed by atoms with Crippen molar-refractivity contribution in [2.45, 2.75) is 31.1 Å². The van der Waals surface area contributed by atoms with Crippen molar-refractivity contribution in [1.82, 2.24) is 10.2 Å². The van der Waals surface area contributed by atoms with E-state index < -0.39 is 23.5 Å². The van der Waals surface area contributed by atoms with E-state index in [1.807, 2.05) is 30.3 Å². The zero-order chi connectivity index (χ0) is 28.7. The van der Waals surface area contributed by atoms with Crippen molar-refractivity contribution in [3.05, 3.63) is 138 Å². The molecule has 4 aromatic rings. The highest BCUT2D eigenvalue weighted by Crippen LogP contribution is 2.30. The molecule has 0 unspecified atom stereocenters. The van der Waals surface area contributed by atoms with Gasteiger partial charge in [-0.2, -0.15) is 0 Å². The highest BCUT2D eigenvalue weighted by atomic mass is 16.5. The Bertz CT molecular complexity index is 1430. The van der Waals surface area contributed by atoms with Crippen LogP contribution < -0.4 is 10.1 Å². The third-order valence-corrected chi connectivity index (χ3v) is 7.39. The fraction of sp³-hybridized carbons (Fsp3) is 0.206. The second-order valence-corrected chi connectivity index (χ2v) is 10.1. The Kier molecular flexibility index (Phi) is 8.67. The van der Waals surface area contributed by atoms with Gasteiger partial charge in [0.25, 0.3) is 5.91 Å². The Morgan fingerprint density at radius 2 is 1.37 bits per heavy atom. The monoisotopic (exact) mass is 548 g/mol. The van der Waals surface area contributed by atoms with Crippen LogP contribution in [0, 0.1) is 0 Å². The van der Waals surface area contributed by atoms with Crippen LogP contribution in [0.15, 0.2) is 115 Å². The van der Waals surface area contributed by atoms with Gasteiger partial charge in [-0.25, -0.2) is 0 Å². The number of ether oxygens (including phenoxy) is 1. The van der Waals surface area contributed by atoms with E-state index in [-0.39, 0.29) is 12.3 Å². The van der Waals surface area contributed by atoms with Gasteiger partial charge in [0.2, 0.25) is 5.91 Å². The van der Waals surface area contributed by atoms with Crippen molar-refractivity contribution in [3.63, 3.8) is 0 Å². The number of likely N-dealkylation sites (tertiary alicyclic amines) is 1. The third-order valence-electron chi connectivity index (χ3n) is 7.39. The van der Waals surface area contributed by atoms with Crippen molar-refractivity contribution in [2.75, 3.05) is 13.1 Å². The van der Waals surface area contributed by atoms with Crippen LogP contribution in [0.25, 0.3) is 0 Å². The molecular formula is C34H32N2O5. The Labute approximate surface area is 239 Å². The van der Waals surface area contributed by atoms with Crippen LogP contribution in [0.2, 0.25) is 0 Å². The topological polar surface area (TPSA) is 95.9 Å². The summed E-state index contributed by atoms with van der Waals surface area (Å²) in [6.45, 7) is 1.02. The van der Waals surface area contributed by atoms with Crippen LogP contribution in [-0.4, -0.2) is 46.7 Å². The molecule has 1 fully saturated rings. The predicted octanol–water partition coefficient (Wildman–Crippen LogP) is 4.49. The summed E-state index contributed by atoms with van der Waals surface area (Å²) >= 11 is 0. The SMILES string of the molecule is O=C(CN1CCC[C@H]1C(=O)NC(=O)C(O)(c1ccccc1)c1ccccc1)c1ccc(OCc2ccccc2)cc1. The maximum Gasteiger partial charge on any atom is 0.267 e. The molecule has 1 heterocycles. The second kappa shape index (κ2) is 12.7. The number of imide groups is 1. The van der Waals surface area contributed by atoms with Crippen LogP contribution in [0.4, 0.5) is 0 Å². The first kappa shape index (κ1) is 28.0. The number of Topliss-reactive ketones (excluding diaryl/α,β-unsaturated/α-hetero) is 1. The summed E-state index contributed by atoms with van der Waals surface area (Å²) in [7, 11) is 0. The first-order valence-corrected chi connectivity index (χ1v) is 13.7. The first-order valence-electron chi connectivity index (χ1n) is 13.7. The molecule has 0 aliphatic carbocycles. The minimum atomic E-state index is -2.05. The molecular weight excluding hydrogens is 516 g/mol. The van der Waals surface area contributed by atoms with Crippen LogP contribution >= 0.6 is 0 Å². The van der Waals surface area contributed by atoms with Gasteiger partial charge in [0.1, 0.15) is 12.4 Å². The van der Waals surface area contributed by atoms with Gasteiger partial charge in [-0.1, -0.05) is 91.0 Å². The van der Waals surface area contributed by atoms with Gasteiger partial charge < -0.3 is 9.84 Å². The van der Waals surface area contributed by atoms with Gasteiger partial charge in [0.05, 0.1) is 12.6 Å². The van der Waals surface area contributed by atoms with E-state index in [1.54, 1.807) is 89.8 Å². The number of carbonyl (C=O) groups is 3. The molecule has 208 valence electrons. The van der Waals surface area contributed by atoms with E-state index in [0.29, 0.717) is 48.4 Å². The molecule has 4 aromatic carbocycles. The van der Waals surface area contributed by atoms with Crippen LogP contribution in [-0.2, 0) is 21.8 Å². The lowest BCUT2D eigenvalue weighted by Gasteiger charge is -2.29. The van der Waals surface area contributed by atoms with Crippen molar-refractivity contribution in [1.29, 1.82) is 0 Å². The Morgan fingerprint density at radius 1 is 0.805 bits per heavy atom. The molecule has 1 saturated heterocycles. The molecule has 0 saturated carbocycles. The van der Waals surface area contributed by atoms with E-state index in [4.69, 9.17) is 4.74 Å². The molecule has 0 radical (unpaired) electrons. The molecule has 2 N–H and O–H groups in total. The highest BCUT2D eigenvalue weighted by molar-refractivity contribution is 6.04. The number of amides is 2. The Morgan fingerprint density at radius 3 is 1.95 bits per heavy atom. The Hall–Kier alpha value is -4.59. The zero-order valence-electron chi connectivity index (χ0n) is 22.6. The number of hydrogen-bond donors (Lipinski definition) is 2. The lowest BCUT2D eigenvalue weighted by atomic mass is 9.85. The normalized spacial score (nSPS) is 15.3. The summed E-state index contributed by atoms with van der Waals surface area (Å²) < 4.78 is 5.81. The minimum Gasteiger partial charge on any atom is -0.489 e. The smallest absolute Gasteiger partial charge is 0.267 e. The van der Waals surface area contributed by atoms with E-state index in [2.05, 4.69) is 5.32 Å². The number of ketones is 1. The van der Waals surface area contributed by atoms with Gasteiger partial charge in [-0.05, 0) is 60.3 Å². The summed E-state index contributed by atoms with van der Waals surface area (Å²) in [4.78, 5) is 41.7. The lowest BCUT2D eigenvalue weighted by molar-refractivity contribution is -0.142. The fourth-order valence-electron chi connectivity index (χ4n) is 5.14. The molecule has 2 amide bonds. The maximum atomic E-state index is 13.5. The number of aliphatic hydroxyl groups is 1. The fourth-order valence-corrected chi connectivity index (χ4v) is 5.14. The van der Waals surface area contributed by atoms with Crippen molar-refractivity contribution in [3.8, 4) is 5.75 Å². The summed E-state index contributed by atoms with van der Waals surface area (Å²) in [5.41, 5.74) is 0.219. The molecule has 0 aromatic heterocycles. The average Bonchev–Trinajstić information content (AvgIpc) is 3.49. The van der Waals surface area contributed by atoms with E-state index in [0.717, 1.165) is 5.56 Å². The zero-order valence-corrected chi connectivity index (χ0v) is 22.6. The molecule has 0 spiro atoms. The molecule has 7 nitrogen and oxygen atoms in total. The van der Waals surface area contributed by atoms with Gasteiger partial charge in [0, 0.05) is 5.56 Å².